The molecule has 17 heavy (non-hydrogen) atoms. The van der Waals surface area contributed by atoms with Crippen molar-refractivity contribution in [3.05, 3.63) is 28.5 Å². The molecule has 0 bridgehead atoms. The van der Waals surface area contributed by atoms with Gasteiger partial charge in [-0.3, -0.25) is 9.48 Å². The van der Waals surface area contributed by atoms with E-state index in [1.54, 1.807) is 4.68 Å². The van der Waals surface area contributed by atoms with Crippen LogP contribution in [0.2, 0.25) is 0 Å². The van der Waals surface area contributed by atoms with E-state index < -0.39 is 5.97 Å². The molecule has 0 saturated carbocycles. The third-order valence-corrected chi connectivity index (χ3v) is 3.32. The molecule has 0 atom stereocenters. The maximum atomic E-state index is 10.5. The van der Waals surface area contributed by atoms with Crippen LogP contribution in [-0.2, 0) is 18.3 Å². The van der Waals surface area contributed by atoms with E-state index >= 15 is 0 Å². The standard InChI is InChI=1S/C11H12BrN3O2/c1-15-11(8-3-2-6-13-8)10(12)7(14-15)4-5-9(16)17/h2-3,6,13H,4-5H2,1H3,(H,16,17). The predicted octanol–water partition coefficient (Wildman–Crippen LogP) is 2.19. The van der Waals surface area contributed by atoms with Crippen LogP contribution in [0.5, 0.6) is 0 Å². The molecule has 2 heterocycles. The first-order valence-electron chi connectivity index (χ1n) is 5.16. The van der Waals surface area contributed by atoms with Gasteiger partial charge in [0.05, 0.1) is 28.0 Å². The molecule has 0 saturated heterocycles. The third kappa shape index (κ3) is 2.41. The molecule has 0 amide bonds. The fraction of sp³-hybridized carbons (Fsp3) is 0.273. The van der Waals surface area contributed by atoms with Gasteiger partial charge in [0.1, 0.15) is 0 Å². The van der Waals surface area contributed by atoms with Crippen LogP contribution >= 0.6 is 15.9 Å². The molecule has 6 heteroatoms. The van der Waals surface area contributed by atoms with Gasteiger partial charge in [0.2, 0.25) is 0 Å². The molecule has 0 fully saturated rings. The van der Waals surface area contributed by atoms with E-state index in [4.69, 9.17) is 5.11 Å². The van der Waals surface area contributed by atoms with Crippen LogP contribution in [0.4, 0.5) is 0 Å². The minimum atomic E-state index is -0.816. The number of aliphatic carboxylic acids is 1. The van der Waals surface area contributed by atoms with Crippen molar-refractivity contribution in [2.45, 2.75) is 12.8 Å². The van der Waals surface area contributed by atoms with Crippen molar-refractivity contribution < 1.29 is 9.90 Å². The first-order chi connectivity index (χ1) is 8.09. The lowest BCUT2D eigenvalue weighted by atomic mass is 10.2. The first-order valence-corrected chi connectivity index (χ1v) is 5.96. The summed E-state index contributed by atoms with van der Waals surface area (Å²) in [5, 5.41) is 13.0. The summed E-state index contributed by atoms with van der Waals surface area (Å²) in [5.74, 6) is -0.816. The zero-order valence-corrected chi connectivity index (χ0v) is 10.9. The largest absolute Gasteiger partial charge is 0.481 e. The van der Waals surface area contributed by atoms with Gasteiger partial charge >= 0.3 is 5.97 Å². The molecule has 90 valence electrons. The smallest absolute Gasteiger partial charge is 0.303 e. The fourth-order valence-corrected chi connectivity index (χ4v) is 2.46. The van der Waals surface area contributed by atoms with E-state index in [0.29, 0.717) is 6.42 Å². The molecule has 2 aromatic rings. The van der Waals surface area contributed by atoms with Crippen LogP contribution in [0, 0.1) is 0 Å². The topological polar surface area (TPSA) is 70.9 Å². The minimum absolute atomic E-state index is 0.0831. The quantitative estimate of drug-likeness (QED) is 0.909. The lowest BCUT2D eigenvalue weighted by Gasteiger charge is -1.98. The van der Waals surface area contributed by atoms with Crippen LogP contribution in [-0.4, -0.2) is 25.8 Å². The summed E-state index contributed by atoms with van der Waals surface area (Å²) in [4.78, 5) is 13.7. The highest BCUT2D eigenvalue weighted by molar-refractivity contribution is 9.10. The number of carboxylic acid groups (broad SMARTS) is 1. The zero-order chi connectivity index (χ0) is 12.4. The van der Waals surface area contributed by atoms with E-state index in [2.05, 4.69) is 26.0 Å². The van der Waals surface area contributed by atoms with Gasteiger partial charge < -0.3 is 10.1 Å². The summed E-state index contributed by atoms with van der Waals surface area (Å²) in [7, 11) is 1.84. The molecule has 0 spiro atoms. The summed E-state index contributed by atoms with van der Waals surface area (Å²) >= 11 is 3.48. The molecule has 0 unspecified atom stereocenters. The van der Waals surface area contributed by atoms with E-state index in [0.717, 1.165) is 21.6 Å². The number of hydrogen-bond acceptors (Lipinski definition) is 2. The number of aromatic nitrogens is 3. The number of aromatic amines is 1. The van der Waals surface area contributed by atoms with Gasteiger partial charge in [-0.25, -0.2) is 0 Å². The van der Waals surface area contributed by atoms with Crippen molar-refractivity contribution in [3.63, 3.8) is 0 Å². The molecule has 0 aliphatic heterocycles. The third-order valence-electron chi connectivity index (χ3n) is 2.48. The molecule has 5 nitrogen and oxygen atoms in total. The predicted molar refractivity (Wildman–Crippen MR) is 66.7 cm³/mol. The Balaban J connectivity index is 2.32. The summed E-state index contributed by atoms with van der Waals surface area (Å²) in [6.07, 6.45) is 2.34. The Labute approximate surface area is 107 Å². The molecular formula is C11H12BrN3O2. The lowest BCUT2D eigenvalue weighted by Crippen LogP contribution is -1.99. The molecule has 0 aliphatic rings. The lowest BCUT2D eigenvalue weighted by molar-refractivity contribution is -0.136. The molecular weight excluding hydrogens is 286 g/mol. The fourth-order valence-electron chi connectivity index (χ4n) is 1.71. The number of H-pyrrole nitrogens is 1. The first kappa shape index (κ1) is 11.9. The van der Waals surface area contributed by atoms with Crippen LogP contribution < -0.4 is 0 Å². The Bertz CT molecular complexity index is 531. The van der Waals surface area contributed by atoms with Gasteiger partial charge in [-0.1, -0.05) is 0 Å². The van der Waals surface area contributed by atoms with Crippen molar-refractivity contribution in [1.29, 1.82) is 0 Å². The number of carbonyl (C=O) groups is 1. The second-order valence-corrected chi connectivity index (χ2v) is 4.50. The van der Waals surface area contributed by atoms with E-state index in [9.17, 15) is 4.79 Å². The molecule has 2 aromatic heterocycles. The number of nitrogens with zero attached hydrogens (tertiary/aromatic N) is 2. The van der Waals surface area contributed by atoms with Crippen LogP contribution in [0.15, 0.2) is 22.8 Å². The van der Waals surface area contributed by atoms with Crippen LogP contribution in [0.3, 0.4) is 0 Å². The van der Waals surface area contributed by atoms with Crippen LogP contribution in [0.1, 0.15) is 12.1 Å². The maximum Gasteiger partial charge on any atom is 0.303 e. The Morgan fingerprint density at radius 2 is 2.41 bits per heavy atom. The summed E-state index contributed by atoms with van der Waals surface area (Å²) < 4.78 is 2.59. The molecule has 0 radical (unpaired) electrons. The van der Waals surface area contributed by atoms with Gasteiger partial charge in [-0.05, 0) is 28.1 Å². The highest BCUT2D eigenvalue weighted by Crippen LogP contribution is 2.30. The number of nitrogens with one attached hydrogen (secondary N) is 1. The van der Waals surface area contributed by atoms with E-state index in [1.807, 2.05) is 25.4 Å². The van der Waals surface area contributed by atoms with Crippen molar-refractivity contribution >= 4 is 21.9 Å². The Hall–Kier alpha value is -1.56. The number of halogens is 1. The molecule has 2 N–H and O–H groups in total. The highest BCUT2D eigenvalue weighted by Gasteiger charge is 2.16. The van der Waals surface area contributed by atoms with Crippen LogP contribution in [0.25, 0.3) is 11.4 Å². The Morgan fingerprint density at radius 3 is 3.00 bits per heavy atom. The SMILES string of the molecule is Cn1nc(CCC(=O)O)c(Br)c1-c1ccc[nH]1. The van der Waals surface area contributed by atoms with Gasteiger partial charge in [0, 0.05) is 19.7 Å². The van der Waals surface area contributed by atoms with Crippen molar-refractivity contribution in [2.75, 3.05) is 0 Å². The average Bonchev–Trinajstić information content (AvgIpc) is 2.84. The van der Waals surface area contributed by atoms with Gasteiger partial charge in [0.25, 0.3) is 0 Å². The second-order valence-electron chi connectivity index (χ2n) is 3.71. The molecule has 0 aliphatic carbocycles. The highest BCUT2D eigenvalue weighted by atomic mass is 79.9. The van der Waals surface area contributed by atoms with Crippen molar-refractivity contribution in [1.82, 2.24) is 14.8 Å². The summed E-state index contributed by atoms with van der Waals surface area (Å²) in [6.45, 7) is 0. The minimum Gasteiger partial charge on any atom is -0.481 e. The zero-order valence-electron chi connectivity index (χ0n) is 9.27. The van der Waals surface area contributed by atoms with Gasteiger partial charge in [-0.15, -0.1) is 0 Å². The number of hydrogen-bond donors (Lipinski definition) is 2. The Kier molecular flexibility index (Phi) is 3.33. The van der Waals surface area contributed by atoms with Gasteiger partial charge in [-0.2, -0.15) is 5.10 Å². The number of rotatable bonds is 4. The van der Waals surface area contributed by atoms with Crippen molar-refractivity contribution in [3.8, 4) is 11.4 Å². The Morgan fingerprint density at radius 1 is 1.65 bits per heavy atom. The number of carboxylic acids is 1. The van der Waals surface area contributed by atoms with E-state index in [-0.39, 0.29) is 6.42 Å². The summed E-state index contributed by atoms with van der Waals surface area (Å²) in [5.41, 5.74) is 2.64. The monoisotopic (exact) mass is 297 g/mol. The number of aryl methyl sites for hydroxylation is 2. The maximum absolute atomic E-state index is 10.5. The van der Waals surface area contributed by atoms with E-state index in [1.165, 1.54) is 0 Å². The molecule has 0 aromatic carbocycles. The average molecular weight is 298 g/mol. The molecule has 2 rings (SSSR count). The normalized spacial score (nSPS) is 10.7. The second kappa shape index (κ2) is 4.75. The van der Waals surface area contributed by atoms with Gasteiger partial charge in [0.15, 0.2) is 0 Å². The summed E-state index contributed by atoms with van der Waals surface area (Å²) in [6, 6.07) is 3.86. The van der Waals surface area contributed by atoms with Crippen molar-refractivity contribution in [2.24, 2.45) is 7.05 Å².